The minimum atomic E-state index is 0.581. The monoisotopic (exact) mass is 352 g/mol. The van der Waals surface area contributed by atoms with Gasteiger partial charge in [0.15, 0.2) is 11.5 Å². The molecule has 0 saturated heterocycles. The van der Waals surface area contributed by atoms with Crippen molar-refractivity contribution in [3.05, 3.63) is 60.7 Å². The summed E-state index contributed by atoms with van der Waals surface area (Å²) in [5.74, 6) is 2.90. The maximum atomic E-state index is 5.85. The molecule has 0 heterocycles. The van der Waals surface area contributed by atoms with Crippen LogP contribution in [0.5, 0.6) is 23.0 Å². The second kappa shape index (κ2) is 8.99. The van der Waals surface area contributed by atoms with Crippen LogP contribution < -0.4 is 18.9 Å². The van der Waals surface area contributed by atoms with E-state index in [4.69, 9.17) is 18.9 Å². The molecule has 4 nitrogen and oxygen atoms in total. The van der Waals surface area contributed by atoms with Crippen molar-refractivity contribution in [2.75, 3.05) is 27.4 Å². The summed E-state index contributed by atoms with van der Waals surface area (Å²) < 4.78 is 22.4. The Hall–Kier alpha value is -2.88. The van der Waals surface area contributed by atoms with Crippen molar-refractivity contribution in [1.82, 2.24) is 0 Å². The van der Waals surface area contributed by atoms with Crippen molar-refractivity contribution < 1.29 is 18.9 Å². The number of hydrogen-bond acceptors (Lipinski definition) is 4. The molecule has 3 rings (SSSR count). The average Bonchev–Trinajstić information content (AvgIpc) is 2.70. The predicted octanol–water partition coefficient (Wildman–Crippen LogP) is 5.10. The van der Waals surface area contributed by atoms with Crippen LogP contribution in [0.1, 0.15) is 12.8 Å². The highest BCUT2D eigenvalue weighted by Crippen LogP contribution is 2.36. The Morgan fingerprint density at radius 3 is 2.00 bits per heavy atom. The molecule has 3 aromatic rings. The SMILES string of the molecule is COc1cccc(OC)c1OCCCCOc1ccc2ccccc2c1. The van der Waals surface area contributed by atoms with E-state index in [9.17, 15) is 0 Å². The van der Waals surface area contributed by atoms with Crippen LogP contribution in [0.2, 0.25) is 0 Å². The first kappa shape index (κ1) is 17.9. The topological polar surface area (TPSA) is 36.9 Å². The van der Waals surface area contributed by atoms with Crippen LogP contribution in [0.25, 0.3) is 10.8 Å². The number of benzene rings is 3. The number of ether oxygens (including phenoxy) is 4. The van der Waals surface area contributed by atoms with Gasteiger partial charge in [-0.05, 0) is 47.9 Å². The molecule has 0 aliphatic rings. The second-order valence-corrected chi connectivity index (χ2v) is 5.90. The molecule has 0 bridgehead atoms. The molecule has 4 heteroatoms. The summed E-state index contributed by atoms with van der Waals surface area (Å²) >= 11 is 0. The number of unbranched alkanes of at least 4 members (excludes halogenated alkanes) is 1. The van der Waals surface area contributed by atoms with E-state index in [-0.39, 0.29) is 0 Å². The molecule has 0 unspecified atom stereocenters. The Balaban J connectivity index is 1.44. The van der Waals surface area contributed by atoms with Crippen LogP contribution in [-0.2, 0) is 0 Å². The van der Waals surface area contributed by atoms with Crippen molar-refractivity contribution in [1.29, 1.82) is 0 Å². The molecule has 0 aliphatic heterocycles. The van der Waals surface area contributed by atoms with Gasteiger partial charge in [0.1, 0.15) is 5.75 Å². The fourth-order valence-corrected chi connectivity index (χ4v) is 2.79. The third-order valence-electron chi connectivity index (χ3n) is 4.16. The van der Waals surface area contributed by atoms with E-state index >= 15 is 0 Å². The zero-order valence-corrected chi connectivity index (χ0v) is 15.2. The first-order chi connectivity index (χ1) is 12.8. The van der Waals surface area contributed by atoms with Crippen molar-refractivity contribution >= 4 is 10.8 Å². The van der Waals surface area contributed by atoms with Gasteiger partial charge in [-0.25, -0.2) is 0 Å². The van der Waals surface area contributed by atoms with Gasteiger partial charge in [-0.15, -0.1) is 0 Å². The Bertz CT molecular complexity index is 822. The van der Waals surface area contributed by atoms with Crippen molar-refractivity contribution in [3.8, 4) is 23.0 Å². The quantitative estimate of drug-likeness (QED) is 0.502. The first-order valence-corrected chi connectivity index (χ1v) is 8.77. The largest absolute Gasteiger partial charge is 0.494 e. The summed E-state index contributed by atoms with van der Waals surface area (Å²) in [6.45, 7) is 1.24. The van der Waals surface area contributed by atoms with Crippen LogP contribution in [0.3, 0.4) is 0 Å². The summed E-state index contributed by atoms with van der Waals surface area (Å²) in [6, 6.07) is 20.0. The maximum absolute atomic E-state index is 5.85. The standard InChI is InChI=1S/C22H24O4/c1-23-20-10-7-11-21(24-2)22(20)26-15-6-5-14-25-19-13-12-17-8-3-4-9-18(17)16-19/h3-4,7-13,16H,5-6,14-15H2,1-2H3. The summed E-state index contributed by atoms with van der Waals surface area (Å²) in [5.41, 5.74) is 0. The third-order valence-corrected chi connectivity index (χ3v) is 4.16. The van der Waals surface area contributed by atoms with Crippen molar-refractivity contribution in [2.45, 2.75) is 12.8 Å². The Morgan fingerprint density at radius 2 is 1.31 bits per heavy atom. The van der Waals surface area contributed by atoms with Gasteiger partial charge in [0, 0.05) is 0 Å². The molecule has 26 heavy (non-hydrogen) atoms. The number of rotatable bonds is 9. The smallest absolute Gasteiger partial charge is 0.203 e. The highest BCUT2D eigenvalue weighted by Gasteiger charge is 2.10. The van der Waals surface area contributed by atoms with Gasteiger partial charge >= 0.3 is 0 Å². The molecule has 0 atom stereocenters. The van der Waals surface area contributed by atoms with Crippen molar-refractivity contribution in [2.24, 2.45) is 0 Å². The van der Waals surface area contributed by atoms with Gasteiger partial charge < -0.3 is 18.9 Å². The zero-order valence-electron chi connectivity index (χ0n) is 15.2. The first-order valence-electron chi connectivity index (χ1n) is 8.77. The Morgan fingerprint density at radius 1 is 0.654 bits per heavy atom. The van der Waals surface area contributed by atoms with E-state index in [2.05, 4.69) is 24.3 Å². The van der Waals surface area contributed by atoms with Gasteiger partial charge in [-0.1, -0.05) is 36.4 Å². The van der Waals surface area contributed by atoms with Crippen LogP contribution >= 0.6 is 0 Å². The Kier molecular flexibility index (Phi) is 6.20. The lowest BCUT2D eigenvalue weighted by molar-refractivity contribution is 0.249. The molecule has 0 aromatic heterocycles. The van der Waals surface area contributed by atoms with E-state index in [0.29, 0.717) is 30.5 Å². The number of methoxy groups -OCH3 is 2. The molecule has 0 N–H and O–H groups in total. The molecule has 0 fully saturated rings. The van der Waals surface area contributed by atoms with Gasteiger partial charge in [0.25, 0.3) is 0 Å². The third kappa shape index (κ3) is 4.39. The Labute approximate surface area is 154 Å². The fraction of sp³-hybridized carbons (Fsp3) is 0.273. The molecule has 136 valence electrons. The van der Waals surface area contributed by atoms with Crippen LogP contribution in [0.15, 0.2) is 60.7 Å². The number of para-hydroxylation sites is 1. The molecular weight excluding hydrogens is 328 g/mol. The number of fused-ring (bicyclic) bond motifs is 1. The highest BCUT2D eigenvalue weighted by atomic mass is 16.5. The highest BCUT2D eigenvalue weighted by molar-refractivity contribution is 5.83. The maximum Gasteiger partial charge on any atom is 0.203 e. The molecule has 0 radical (unpaired) electrons. The minimum Gasteiger partial charge on any atom is -0.494 e. The van der Waals surface area contributed by atoms with E-state index in [1.165, 1.54) is 10.8 Å². The molecule has 0 aliphatic carbocycles. The van der Waals surface area contributed by atoms with E-state index in [1.807, 2.05) is 36.4 Å². The van der Waals surface area contributed by atoms with Gasteiger partial charge in [0.05, 0.1) is 27.4 Å². The van der Waals surface area contributed by atoms with Gasteiger partial charge in [-0.2, -0.15) is 0 Å². The van der Waals surface area contributed by atoms with Crippen LogP contribution in [-0.4, -0.2) is 27.4 Å². The van der Waals surface area contributed by atoms with Gasteiger partial charge in [-0.3, -0.25) is 0 Å². The summed E-state index contributed by atoms with van der Waals surface area (Å²) in [5, 5.41) is 2.41. The van der Waals surface area contributed by atoms with E-state index in [1.54, 1.807) is 14.2 Å². The fourth-order valence-electron chi connectivity index (χ4n) is 2.79. The number of hydrogen-bond donors (Lipinski definition) is 0. The normalized spacial score (nSPS) is 10.5. The minimum absolute atomic E-state index is 0.581. The summed E-state index contributed by atoms with van der Waals surface area (Å²) in [6.07, 6.45) is 1.79. The molecule has 0 amide bonds. The van der Waals surface area contributed by atoms with E-state index < -0.39 is 0 Å². The lowest BCUT2D eigenvalue weighted by Crippen LogP contribution is -2.04. The average molecular weight is 352 g/mol. The molecule has 0 spiro atoms. The lowest BCUT2D eigenvalue weighted by Gasteiger charge is -2.14. The molecule has 0 saturated carbocycles. The summed E-state index contributed by atoms with van der Waals surface area (Å²) in [4.78, 5) is 0. The van der Waals surface area contributed by atoms with Gasteiger partial charge in [0.2, 0.25) is 5.75 Å². The van der Waals surface area contributed by atoms with Crippen molar-refractivity contribution in [3.63, 3.8) is 0 Å². The summed E-state index contributed by atoms with van der Waals surface area (Å²) in [7, 11) is 3.25. The lowest BCUT2D eigenvalue weighted by atomic mass is 10.1. The van der Waals surface area contributed by atoms with Crippen LogP contribution in [0.4, 0.5) is 0 Å². The predicted molar refractivity (Wildman–Crippen MR) is 104 cm³/mol. The second-order valence-electron chi connectivity index (χ2n) is 5.90. The van der Waals surface area contributed by atoms with Crippen LogP contribution in [0, 0.1) is 0 Å². The molecular formula is C22H24O4. The molecule has 3 aromatic carbocycles. The van der Waals surface area contributed by atoms with E-state index in [0.717, 1.165) is 18.6 Å². The zero-order chi connectivity index (χ0) is 18.2.